The second kappa shape index (κ2) is 6.70. The first-order chi connectivity index (χ1) is 12.1. The van der Waals surface area contributed by atoms with Crippen molar-refractivity contribution in [3.8, 4) is 6.07 Å². The molecule has 134 valence electrons. The summed E-state index contributed by atoms with van der Waals surface area (Å²) in [5.74, 6) is 2.47. The number of carbonyl (C=O) groups excluding carboxylic acids is 1. The van der Waals surface area contributed by atoms with Crippen LogP contribution in [-0.4, -0.2) is 21.4 Å². The summed E-state index contributed by atoms with van der Waals surface area (Å²) in [4.78, 5) is 12.5. The second-order valence-corrected chi connectivity index (χ2v) is 8.38. The lowest BCUT2D eigenvalue weighted by atomic mass is 9.53. The zero-order valence-electron chi connectivity index (χ0n) is 14.7. The van der Waals surface area contributed by atoms with Crippen molar-refractivity contribution in [2.75, 3.05) is 5.32 Å². The lowest BCUT2D eigenvalue weighted by molar-refractivity contribution is -0.0127. The van der Waals surface area contributed by atoms with Crippen molar-refractivity contribution < 1.29 is 4.79 Å². The number of hydrogen-bond acceptors (Lipinski definition) is 3. The van der Waals surface area contributed by atoms with Gasteiger partial charge in [0.2, 0.25) is 0 Å². The minimum absolute atomic E-state index is 0.0339. The van der Waals surface area contributed by atoms with E-state index in [1.807, 2.05) is 10.9 Å². The Labute approximate surface area is 149 Å². The Hall–Kier alpha value is -2.03. The predicted molar refractivity (Wildman–Crippen MR) is 94.7 cm³/mol. The van der Waals surface area contributed by atoms with Crippen molar-refractivity contribution in [3.63, 3.8) is 0 Å². The quantitative estimate of drug-likeness (QED) is 0.775. The van der Waals surface area contributed by atoms with Crippen molar-refractivity contribution in [2.45, 2.75) is 69.9 Å². The topological polar surface area (TPSA) is 82.7 Å². The number of nitriles is 1. The molecule has 0 radical (unpaired) electrons. The Bertz CT molecular complexity index is 638. The van der Waals surface area contributed by atoms with E-state index in [1.165, 1.54) is 19.3 Å². The molecule has 4 aliphatic carbocycles. The van der Waals surface area contributed by atoms with Crippen LogP contribution in [0.1, 0.15) is 57.8 Å². The molecule has 4 bridgehead atoms. The fourth-order valence-corrected chi connectivity index (χ4v) is 5.70. The highest BCUT2D eigenvalue weighted by atomic mass is 16.2. The summed E-state index contributed by atoms with van der Waals surface area (Å²) in [5, 5.41) is 19.1. The number of rotatable bonds is 6. The van der Waals surface area contributed by atoms with Gasteiger partial charge in [0.25, 0.3) is 0 Å². The summed E-state index contributed by atoms with van der Waals surface area (Å²) in [6.07, 6.45) is 13.6. The molecule has 2 amide bonds. The first kappa shape index (κ1) is 16.4. The van der Waals surface area contributed by atoms with Gasteiger partial charge in [0.1, 0.15) is 0 Å². The Kier molecular flexibility index (Phi) is 4.41. The van der Waals surface area contributed by atoms with E-state index < -0.39 is 0 Å². The van der Waals surface area contributed by atoms with Gasteiger partial charge in [-0.3, -0.25) is 4.68 Å². The van der Waals surface area contributed by atoms with Crippen LogP contribution in [0, 0.1) is 29.1 Å². The maximum atomic E-state index is 12.5. The van der Waals surface area contributed by atoms with Crippen LogP contribution in [-0.2, 0) is 6.54 Å². The van der Waals surface area contributed by atoms with Gasteiger partial charge in [0.15, 0.2) is 0 Å². The van der Waals surface area contributed by atoms with E-state index in [4.69, 9.17) is 5.26 Å². The molecular formula is C19H27N5O. The molecule has 1 heterocycles. The molecule has 6 heteroatoms. The van der Waals surface area contributed by atoms with Crippen LogP contribution in [0.3, 0.4) is 0 Å². The molecular weight excluding hydrogens is 314 g/mol. The molecule has 0 spiro atoms. The molecule has 5 rings (SSSR count). The van der Waals surface area contributed by atoms with Crippen LogP contribution in [0.4, 0.5) is 10.5 Å². The summed E-state index contributed by atoms with van der Waals surface area (Å²) in [6, 6.07) is 2.06. The molecule has 25 heavy (non-hydrogen) atoms. The van der Waals surface area contributed by atoms with Crippen LogP contribution in [0.25, 0.3) is 0 Å². The van der Waals surface area contributed by atoms with Crippen LogP contribution in [0.5, 0.6) is 0 Å². The number of unbranched alkanes of at least 4 members (excludes halogenated alkanes) is 2. The van der Waals surface area contributed by atoms with Crippen LogP contribution in [0.15, 0.2) is 12.4 Å². The summed E-state index contributed by atoms with van der Waals surface area (Å²) in [7, 11) is 0. The number of aryl methyl sites for hydroxylation is 1. The SMILES string of the molecule is N#CCCCCn1cc(NC(=O)NC23CC4CC(CC(C4)C2)C3)cn1. The lowest BCUT2D eigenvalue weighted by Crippen LogP contribution is -2.60. The number of nitrogens with one attached hydrogen (secondary N) is 2. The summed E-state index contributed by atoms with van der Waals surface area (Å²) >= 11 is 0. The van der Waals surface area contributed by atoms with E-state index in [-0.39, 0.29) is 11.6 Å². The molecule has 0 aromatic carbocycles. The van der Waals surface area contributed by atoms with Gasteiger partial charge in [-0.2, -0.15) is 10.4 Å². The normalized spacial score (nSPS) is 32.4. The van der Waals surface area contributed by atoms with E-state index >= 15 is 0 Å². The Morgan fingerprint density at radius 3 is 2.56 bits per heavy atom. The molecule has 0 unspecified atom stereocenters. The highest BCUT2D eigenvalue weighted by molar-refractivity contribution is 5.89. The Morgan fingerprint density at radius 1 is 1.24 bits per heavy atom. The third kappa shape index (κ3) is 3.65. The van der Waals surface area contributed by atoms with Gasteiger partial charge in [-0.15, -0.1) is 0 Å². The molecule has 4 saturated carbocycles. The summed E-state index contributed by atoms with van der Waals surface area (Å²) in [6.45, 7) is 0.778. The second-order valence-electron chi connectivity index (χ2n) is 8.38. The van der Waals surface area contributed by atoms with E-state index in [2.05, 4.69) is 21.8 Å². The highest BCUT2D eigenvalue weighted by Crippen LogP contribution is 2.55. The van der Waals surface area contributed by atoms with E-state index in [9.17, 15) is 4.79 Å². The number of urea groups is 1. The van der Waals surface area contributed by atoms with Crippen LogP contribution in [0.2, 0.25) is 0 Å². The van der Waals surface area contributed by atoms with Crippen molar-refractivity contribution in [1.29, 1.82) is 5.26 Å². The molecule has 1 aromatic rings. The maximum Gasteiger partial charge on any atom is 0.319 e. The van der Waals surface area contributed by atoms with Crippen molar-refractivity contribution in [3.05, 3.63) is 12.4 Å². The summed E-state index contributed by atoms with van der Waals surface area (Å²) < 4.78 is 1.83. The average molecular weight is 341 g/mol. The van der Waals surface area contributed by atoms with E-state index in [0.717, 1.165) is 62.1 Å². The minimum Gasteiger partial charge on any atom is -0.332 e. The number of anilines is 1. The molecule has 6 nitrogen and oxygen atoms in total. The van der Waals surface area contributed by atoms with Crippen molar-refractivity contribution in [1.82, 2.24) is 15.1 Å². The maximum absolute atomic E-state index is 12.5. The van der Waals surface area contributed by atoms with E-state index in [0.29, 0.717) is 6.42 Å². The number of nitrogens with zero attached hydrogens (tertiary/aromatic N) is 3. The van der Waals surface area contributed by atoms with Gasteiger partial charge in [-0.25, -0.2) is 4.79 Å². The molecule has 0 aliphatic heterocycles. The first-order valence-electron chi connectivity index (χ1n) is 9.63. The third-order valence-corrected chi connectivity index (χ3v) is 6.23. The zero-order chi connectivity index (χ0) is 17.3. The van der Waals surface area contributed by atoms with Crippen molar-refractivity contribution >= 4 is 11.7 Å². The van der Waals surface area contributed by atoms with Gasteiger partial charge in [-0.1, -0.05) is 0 Å². The Morgan fingerprint density at radius 2 is 1.92 bits per heavy atom. The third-order valence-electron chi connectivity index (χ3n) is 6.23. The average Bonchev–Trinajstić information content (AvgIpc) is 2.97. The number of amides is 2. The Balaban J connectivity index is 1.29. The molecule has 1 aromatic heterocycles. The number of carbonyl (C=O) groups is 1. The van der Waals surface area contributed by atoms with Gasteiger partial charge < -0.3 is 10.6 Å². The fraction of sp³-hybridized carbons (Fsp3) is 0.737. The zero-order valence-corrected chi connectivity index (χ0v) is 14.7. The fourth-order valence-electron chi connectivity index (χ4n) is 5.70. The molecule has 4 fully saturated rings. The molecule has 2 N–H and O–H groups in total. The monoisotopic (exact) mass is 341 g/mol. The van der Waals surface area contributed by atoms with Gasteiger partial charge in [0, 0.05) is 24.7 Å². The first-order valence-corrected chi connectivity index (χ1v) is 9.63. The predicted octanol–water partition coefficient (Wildman–Crippen LogP) is 3.67. The lowest BCUT2D eigenvalue weighted by Gasteiger charge is -2.56. The van der Waals surface area contributed by atoms with Gasteiger partial charge in [-0.05, 0) is 69.1 Å². The highest BCUT2D eigenvalue weighted by Gasteiger charge is 2.51. The van der Waals surface area contributed by atoms with Crippen LogP contribution >= 0.6 is 0 Å². The van der Waals surface area contributed by atoms with E-state index in [1.54, 1.807) is 6.20 Å². The number of aromatic nitrogens is 2. The molecule has 0 atom stereocenters. The minimum atomic E-state index is -0.0917. The molecule has 0 saturated heterocycles. The van der Waals surface area contributed by atoms with Crippen LogP contribution < -0.4 is 10.6 Å². The van der Waals surface area contributed by atoms with Gasteiger partial charge in [0.05, 0.1) is 18.0 Å². The molecule has 4 aliphatic rings. The standard InChI is InChI=1S/C19H27N5O/c20-4-2-1-3-5-24-13-17(12-21-24)22-18(25)23-19-9-14-6-15(10-19)8-16(7-14)11-19/h12-16H,1-3,5-11H2,(H2,22,23,25). The number of hydrogen-bond donors (Lipinski definition) is 2. The summed E-state index contributed by atoms with van der Waals surface area (Å²) in [5.41, 5.74) is 0.772. The largest absolute Gasteiger partial charge is 0.332 e. The smallest absolute Gasteiger partial charge is 0.319 e. The van der Waals surface area contributed by atoms with Crippen molar-refractivity contribution in [2.24, 2.45) is 17.8 Å². The van der Waals surface area contributed by atoms with Gasteiger partial charge >= 0.3 is 6.03 Å².